The molecule has 0 bridgehead atoms. The third-order valence-corrected chi connectivity index (χ3v) is 3.13. The summed E-state index contributed by atoms with van der Waals surface area (Å²) >= 11 is 0. The highest BCUT2D eigenvalue weighted by Crippen LogP contribution is 2.40. The van der Waals surface area contributed by atoms with Crippen molar-refractivity contribution in [3.8, 4) is 17.2 Å². The quantitative estimate of drug-likeness (QED) is 0.907. The Hall–Kier alpha value is -1.68. The van der Waals surface area contributed by atoms with Gasteiger partial charge in [-0.25, -0.2) is 0 Å². The molecule has 0 aromatic heterocycles. The first-order valence-corrected chi connectivity index (χ1v) is 6.44. The van der Waals surface area contributed by atoms with Crippen LogP contribution >= 0.6 is 0 Å². The number of fused-ring (bicyclic) bond motifs is 1. The van der Waals surface area contributed by atoms with E-state index in [-0.39, 0.29) is 6.61 Å². The number of ether oxygens (including phenoxy) is 3. The molecule has 1 aliphatic rings. The van der Waals surface area contributed by atoms with E-state index in [2.05, 4.69) is 13.8 Å². The van der Waals surface area contributed by atoms with Crippen molar-refractivity contribution in [2.75, 3.05) is 26.9 Å². The third-order valence-electron chi connectivity index (χ3n) is 3.13. The summed E-state index contributed by atoms with van der Waals surface area (Å²) in [6.07, 6.45) is 1.96. The Morgan fingerprint density at radius 3 is 2.74 bits per heavy atom. The molecule has 0 spiro atoms. The molecule has 0 saturated carbocycles. The molecule has 4 heteroatoms. The van der Waals surface area contributed by atoms with Gasteiger partial charge in [0, 0.05) is 0 Å². The van der Waals surface area contributed by atoms with Crippen molar-refractivity contribution in [3.05, 3.63) is 23.3 Å². The Labute approximate surface area is 113 Å². The van der Waals surface area contributed by atoms with Crippen LogP contribution in [0.1, 0.15) is 19.4 Å². The standard InChI is InChI=1S/C15H20O4/c1-10(2)12(9-16)6-11-7-13(17-3)15-14(8-11)18-4-5-19-15/h6-8,10,16H,4-5,9H2,1-3H3. The maximum atomic E-state index is 9.37. The van der Waals surface area contributed by atoms with Crippen LogP contribution in [-0.4, -0.2) is 32.0 Å². The molecule has 0 aliphatic carbocycles. The van der Waals surface area contributed by atoms with E-state index in [4.69, 9.17) is 14.2 Å². The summed E-state index contributed by atoms with van der Waals surface area (Å²) in [6, 6.07) is 3.81. The second kappa shape index (κ2) is 5.97. The zero-order chi connectivity index (χ0) is 13.8. The Kier molecular flexibility index (Phi) is 4.32. The third kappa shape index (κ3) is 3.01. The highest BCUT2D eigenvalue weighted by molar-refractivity contribution is 5.64. The van der Waals surface area contributed by atoms with E-state index >= 15 is 0 Å². The fraction of sp³-hybridized carbons (Fsp3) is 0.467. The molecule has 0 amide bonds. The molecular weight excluding hydrogens is 244 g/mol. The highest BCUT2D eigenvalue weighted by atomic mass is 16.6. The predicted molar refractivity (Wildman–Crippen MR) is 73.9 cm³/mol. The topological polar surface area (TPSA) is 47.9 Å². The van der Waals surface area contributed by atoms with Crippen LogP contribution in [-0.2, 0) is 0 Å². The maximum Gasteiger partial charge on any atom is 0.203 e. The zero-order valence-electron chi connectivity index (χ0n) is 11.6. The van der Waals surface area contributed by atoms with E-state index < -0.39 is 0 Å². The van der Waals surface area contributed by atoms with E-state index in [1.807, 2.05) is 18.2 Å². The summed E-state index contributed by atoms with van der Waals surface area (Å²) in [5.74, 6) is 2.30. The van der Waals surface area contributed by atoms with E-state index in [1.165, 1.54) is 0 Å². The van der Waals surface area contributed by atoms with Crippen molar-refractivity contribution in [1.82, 2.24) is 0 Å². The normalized spacial score (nSPS) is 14.7. The molecule has 0 saturated heterocycles. The van der Waals surface area contributed by atoms with Crippen LogP contribution in [0.15, 0.2) is 17.7 Å². The summed E-state index contributed by atoms with van der Waals surface area (Å²) in [5.41, 5.74) is 1.91. The average molecular weight is 264 g/mol. The summed E-state index contributed by atoms with van der Waals surface area (Å²) < 4.78 is 16.5. The van der Waals surface area contributed by atoms with Gasteiger partial charge in [0.05, 0.1) is 13.7 Å². The Morgan fingerprint density at radius 2 is 2.11 bits per heavy atom. The zero-order valence-corrected chi connectivity index (χ0v) is 11.6. The van der Waals surface area contributed by atoms with Crippen LogP contribution in [0.4, 0.5) is 0 Å². The van der Waals surface area contributed by atoms with E-state index in [9.17, 15) is 5.11 Å². The van der Waals surface area contributed by atoms with Gasteiger partial charge in [-0.05, 0) is 29.2 Å². The monoisotopic (exact) mass is 264 g/mol. The number of hydrogen-bond donors (Lipinski definition) is 1. The lowest BCUT2D eigenvalue weighted by Crippen LogP contribution is -2.16. The minimum atomic E-state index is 0.0500. The molecule has 4 nitrogen and oxygen atoms in total. The van der Waals surface area contributed by atoms with Gasteiger partial charge in [0.15, 0.2) is 11.5 Å². The molecule has 0 radical (unpaired) electrons. The molecule has 0 atom stereocenters. The summed E-state index contributed by atoms with van der Waals surface area (Å²) in [6.45, 7) is 5.23. The first-order chi connectivity index (χ1) is 9.15. The smallest absolute Gasteiger partial charge is 0.203 e. The van der Waals surface area contributed by atoms with Gasteiger partial charge in [-0.3, -0.25) is 0 Å². The molecule has 104 valence electrons. The Balaban J connectivity index is 2.42. The van der Waals surface area contributed by atoms with E-state index in [1.54, 1.807) is 7.11 Å². The molecular formula is C15H20O4. The van der Waals surface area contributed by atoms with Crippen molar-refractivity contribution in [2.45, 2.75) is 13.8 Å². The second-order valence-corrected chi connectivity index (χ2v) is 4.78. The van der Waals surface area contributed by atoms with Crippen molar-refractivity contribution in [2.24, 2.45) is 5.92 Å². The second-order valence-electron chi connectivity index (χ2n) is 4.78. The summed E-state index contributed by atoms with van der Waals surface area (Å²) in [4.78, 5) is 0. The van der Waals surface area contributed by atoms with Crippen molar-refractivity contribution in [3.63, 3.8) is 0 Å². The van der Waals surface area contributed by atoms with Gasteiger partial charge in [-0.2, -0.15) is 0 Å². The largest absolute Gasteiger partial charge is 0.493 e. The van der Waals surface area contributed by atoms with Gasteiger partial charge >= 0.3 is 0 Å². The van der Waals surface area contributed by atoms with Crippen LogP contribution in [0.25, 0.3) is 6.08 Å². The minimum absolute atomic E-state index is 0.0500. The summed E-state index contributed by atoms with van der Waals surface area (Å²) in [7, 11) is 1.61. The van der Waals surface area contributed by atoms with Gasteiger partial charge in [0.1, 0.15) is 13.2 Å². The minimum Gasteiger partial charge on any atom is -0.493 e. The fourth-order valence-corrected chi connectivity index (χ4v) is 1.99. The molecule has 2 rings (SSSR count). The maximum absolute atomic E-state index is 9.37. The molecule has 1 aromatic rings. The number of benzene rings is 1. The van der Waals surface area contributed by atoms with Crippen LogP contribution in [0.2, 0.25) is 0 Å². The van der Waals surface area contributed by atoms with Crippen LogP contribution in [0.3, 0.4) is 0 Å². The number of aliphatic hydroxyl groups is 1. The molecule has 1 N–H and O–H groups in total. The van der Waals surface area contributed by atoms with Crippen LogP contribution in [0.5, 0.6) is 17.2 Å². The lowest BCUT2D eigenvalue weighted by atomic mass is 10.0. The summed E-state index contributed by atoms with van der Waals surface area (Å²) in [5, 5.41) is 9.37. The molecule has 0 fully saturated rings. The van der Waals surface area contributed by atoms with E-state index in [0.717, 1.165) is 11.1 Å². The average Bonchev–Trinajstić information content (AvgIpc) is 2.43. The van der Waals surface area contributed by atoms with Crippen molar-refractivity contribution in [1.29, 1.82) is 0 Å². The Bertz CT molecular complexity index is 460. The first-order valence-electron chi connectivity index (χ1n) is 6.44. The molecule has 19 heavy (non-hydrogen) atoms. The lowest BCUT2D eigenvalue weighted by molar-refractivity contribution is 0.165. The van der Waals surface area contributed by atoms with Crippen molar-refractivity contribution >= 4 is 6.08 Å². The van der Waals surface area contributed by atoms with Crippen LogP contribution in [0, 0.1) is 5.92 Å². The molecule has 1 aliphatic heterocycles. The van der Waals surface area contributed by atoms with Crippen LogP contribution < -0.4 is 14.2 Å². The molecule has 1 heterocycles. The number of rotatable bonds is 4. The molecule has 1 aromatic carbocycles. The van der Waals surface area contributed by atoms with Gasteiger partial charge in [-0.1, -0.05) is 19.9 Å². The first kappa shape index (κ1) is 13.7. The Morgan fingerprint density at radius 1 is 1.37 bits per heavy atom. The lowest BCUT2D eigenvalue weighted by Gasteiger charge is -2.21. The van der Waals surface area contributed by atoms with Gasteiger partial charge in [0.2, 0.25) is 5.75 Å². The number of aliphatic hydroxyl groups excluding tert-OH is 1. The molecule has 0 unspecified atom stereocenters. The van der Waals surface area contributed by atoms with Gasteiger partial charge in [-0.15, -0.1) is 0 Å². The number of hydrogen-bond acceptors (Lipinski definition) is 4. The van der Waals surface area contributed by atoms with Crippen molar-refractivity contribution < 1.29 is 19.3 Å². The van der Waals surface area contributed by atoms with Gasteiger partial charge in [0.25, 0.3) is 0 Å². The number of methoxy groups -OCH3 is 1. The van der Waals surface area contributed by atoms with E-state index in [0.29, 0.717) is 36.4 Å². The van der Waals surface area contributed by atoms with Gasteiger partial charge < -0.3 is 19.3 Å². The highest BCUT2D eigenvalue weighted by Gasteiger charge is 2.18. The fourth-order valence-electron chi connectivity index (χ4n) is 1.99. The SMILES string of the molecule is COc1cc(C=C(CO)C(C)C)cc2c1OCCO2. The predicted octanol–water partition coefficient (Wildman–Crippen LogP) is 2.50.